The van der Waals surface area contributed by atoms with Crippen LogP contribution in [0, 0.1) is 0 Å². The summed E-state index contributed by atoms with van der Waals surface area (Å²) >= 11 is 5.20. The van der Waals surface area contributed by atoms with Gasteiger partial charge in [0.2, 0.25) is 0 Å². The maximum absolute atomic E-state index is 5.71. The Morgan fingerprint density at radius 3 is 2.60 bits per heavy atom. The number of halogens is 1. The molecule has 3 rings (SSSR count). The highest BCUT2D eigenvalue weighted by atomic mass is 79.9. The third-order valence-corrected chi connectivity index (χ3v) is 4.34. The summed E-state index contributed by atoms with van der Waals surface area (Å²) in [6, 6.07) is 12.2. The third kappa shape index (κ3) is 3.11. The van der Waals surface area contributed by atoms with Crippen LogP contribution in [0.5, 0.6) is 11.5 Å². The molecule has 0 aliphatic carbocycles. The average molecular weight is 352 g/mol. The van der Waals surface area contributed by atoms with Crippen LogP contribution in [0.3, 0.4) is 0 Å². The smallest absolute Gasteiger partial charge is 0.162 e. The zero-order valence-electron chi connectivity index (χ0n) is 10.8. The lowest BCUT2D eigenvalue weighted by molar-refractivity contribution is 0.171. The van der Waals surface area contributed by atoms with Crippen LogP contribution in [0.2, 0.25) is 0 Å². The lowest BCUT2D eigenvalue weighted by Gasteiger charge is -2.18. The Labute approximate surface area is 130 Å². The van der Waals surface area contributed by atoms with Crippen LogP contribution in [-0.4, -0.2) is 13.2 Å². The number of hydrogen-bond donors (Lipinski definition) is 1. The summed E-state index contributed by atoms with van der Waals surface area (Å²) in [6.45, 7) is 1.76. The molecule has 0 fully saturated rings. The number of ether oxygens (including phenoxy) is 2. The minimum Gasteiger partial charge on any atom is -0.486 e. The van der Waals surface area contributed by atoms with Crippen LogP contribution >= 0.6 is 27.7 Å². The van der Waals surface area contributed by atoms with Gasteiger partial charge in [-0.05, 0) is 42.0 Å². The Bertz CT molecular complexity index is 633. The van der Waals surface area contributed by atoms with Gasteiger partial charge in [-0.15, -0.1) is 0 Å². The van der Waals surface area contributed by atoms with Crippen molar-refractivity contribution in [2.75, 3.05) is 13.2 Å². The summed E-state index contributed by atoms with van der Waals surface area (Å²) in [4.78, 5) is 2.27. The number of nitrogens with two attached hydrogens (primary N) is 1. The van der Waals surface area contributed by atoms with Gasteiger partial charge in [0.05, 0.1) is 0 Å². The van der Waals surface area contributed by atoms with E-state index in [1.54, 1.807) is 11.8 Å². The lowest BCUT2D eigenvalue weighted by Crippen LogP contribution is -2.15. The molecule has 0 atom stereocenters. The van der Waals surface area contributed by atoms with Crippen molar-refractivity contribution in [3.63, 3.8) is 0 Å². The quantitative estimate of drug-likeness (QED) is 0.912. The van der Waals surface area contributed by atoms with E-state index in [0.29, 0.717) is 19.8 Å². The van der Waals surface area contributed by atoms with Gasteiger partial charge in [-0.1, -0.05) is 27.7 Å². The molecule has 2 aromatic carbocycles. The number of benzene rings is 2. The fourth-order valence-electron chi connectivity index (χ4n) is 2.02. The Morgan fingerprint density at radius 2 is 1.80 bits per heavy atom. The van der Waals surface area contributed by atoms with Gasteiger partial charge in [-0.2, -0.15) is 0 Å². The summed E-state index contributed by atoms with van der Waals surface area (Å²) in [7, 11) is 0. The molecule has 104 valence electrons. The molecule has 0 bridgehead atoms. The van der Waals surface area contributed by atoms with E-state index < -0.39 is 0 Å². The first-order valence-corrected chi connectivity index (χ1v) is 7.92. The van der Waals surface area contributed by atoms with E-state index in [1.165, 1.54) is 0 Å². The van der Waals surface area contributed by atoms with Gasteiger partial charge in [0, 0.05) is 20.8 Å². The molecule has 0 saturated carbocycles. The molecule has 0 amide bonds. The largest absolute Gasteiger partial charge is 0.486 e. The predicted octanol–water partition coefficient (Wildman–Crippen LogP) is 3.83. The van der Waals surface area contributed by atoms with Crippen molar-refractivity contribution in [2.24, 2.45) is 5.73 Å². The minimum absolute atomic E-state index is 0.536. The monoisotopic (exact) mass is 351 g/mol. The van der Waals surface area contributed by atoms with Gasteiger partial charge in [0.15, 0.2) is 11.5 Å². The Kier molecular flexibility index (Phi) is 4.19. The van der Waals surface area contributed by atoms with Gasteiger partial charge >= 0.3 is 0 Å². The molecule has 0 spiro atoms. The fourth-order valence-corrected chi connectivity index (χ4v) is 3.68. The van der Waals surface area contributed by atoms with Crippen LogP contribution in [-0.2, 0) is 6.54 Å². The van der Waals surface area contributed by atoms with Crippen molar-refractivity contribution in [3.8, 4) is 11.5 Å². The zero-order valence-corrected chi connectivity index (χ0v) is 13.2. The van der Waals surface area contributed by atoms with E-state index in [4.69, 9.17) is 15.2 Å². The van der Waals surface area contributed by atoms with Crippen molar-refractivity contribution < 1.29 is 9.47 Å². The van der Waals surface area contributed by atoms with E-state index >= 15 is 0 Å². The average Bonchev–Trinajstić information content (AvgIpc) is 2.46. The van der Waals surface area contributed by atoms with E-state index in [9.17, 15) is 0 Å². The maximum atomic E-state index is 5.71. The van der Waals surface area contributed by atoms with Gasteiger partial charge in [-0.25, -0.2) is 0 Å². The minimum atomic E-state index is 0.536. The molecule has 3 nitrogen and oxygen atoms in total. The summed E-state index contributed by atoms with van der Waals surface area (Å²) in [5, 5.41) is 0. The van der Waals surface area contributed by atoms with Gasteiger partial charge < -0.3 is 15.2 Å². The highest BCUT2D eigenvalue weighted by Crippen LogP contribution is 2.37. The SMILES string of the molecule is NCc1cc(Br)cc(Sc2ccc3c(c2)OCCO3)c1. The number of fused-ring (bicyclic) bond motifs is 1. The molecule has 0 radical (unpaired) electrons. The van der Waals surface area contributed by atoms with Gasteiger partial charge in [-0.3, -0.25) is 0 Å². The molecule has 1 aliphatic heterocycles. The Hall–Kier alpha value is -1.17. The second-order valence-corrected chi connectivity index (χ2v) is 6.47. The van der Waals surface area contributed by atoms with Gasteiger partial charge in [0.25, 0.3) is 0 Å². The van der Waals surface area contributed by atoms with Crippen molar-refractivity contribution in [1.82, 2.24) is 0 Å². The first-order chi connectivity index (χ1) is 9.74. The molecular formula is C15H14BrNO2S. The van der Waals surface area contributed by atoms with E-state index in [1.807, 2.05) is 24.3 Å². The standard InChI is InChI=1S/C15H14BrNO2S/c16-11-5-10(9-17)6-13(7-11)20-12-1-2-14-15(8-12)19-4-3-18-14/h1-2,5-8H,3-4,9,17H2. The highest BCUT2D eigenvalue weighted by molar-refractivity contribution is 9.10. The molecule has 0 saturated heterocycles. The van der Waals surface area contributed by atoms with Crippen molar-refractivity contribution >= 4 is 27.7 Å². The topological polar surface area (TPSA) is 44.5 Å². The van der Waals surface area contributed by atoms with E-state index in [2.05, 4.69) is 28.1 Å². The molecule has 0 unspecified atom stereocenters. The van der Waals surface area contributed by atoms with Crippen molar-refractivity contribution in [1.29, 1.82) is 0 Å². The summed E-state index contributed by atoms with van der Waals surface area (Å²) in [5.74, 6) is 1.63. The predicted molar refractivity (Wildman–Crippen MR) is 83.6 cm³/mol. The normalized spacial score (nSPS) is 13.3. The first-order valence-electron chi connectivity index (χ1n) is 6.31. The highest BCUT2D eigenvalue weighted by Gasteiger charge is 2.12. The van der Waals surface area contributed by atoms with Crippen LogP contribution in [0.4, 0.5) is 0 Å². The maximum Gasteiger partial charge on any atom is 0.162 e. The number of rotatable bonds is 3. The van der Waals surface area contributed by atoms with Gasteiger partial charge in [0.1, 0.15) is 13.2 Å². The molecule has 5 heteroatoms. The molecular weight excluding hydrogens is 338 g/mol. The number of hydrogen-bond acceptors (Lipinski definition) is 4. The molecule has 20 heavy (non-hydrogen) atoms. The van der Waals surface area contributed by atoms with E-state index in [0.717, 1.165) is 31.3 Å². The third-order valence-electron chi connectivity index (χ3n) is 2.92. The van der Waals surface area contributed by atoms with E-state index in [-0.39, 0.29) is 0 Å². The second kappa shape index (κ2) is 6.08. The van der Waals surface area contributed by atoms with Crippen LogP contribution < -0.4 is 15.2 Å². The summed E-state index contributed by atoms with van der Waals surface area (Å²) in [5.41, 5.74) is 6.82. The molecule has 2 N–H and O–H groups in total. The van der Waals surface area contributed by atoms with Crippen molar-refractivity contribution in [2.45, 2.75) is 16.3 Å². The molecule has 2 aromatic rings. The van der Waals surface area contributed by atoms with Crippen LogP contribution in [0.25, 0.3) is 0 Å². The second-order valence-electron chi connectivity index (χ2n) is 4.41. The molecule has 1 heterocycles. The first kappa shape index (κ1) is 13.8. The zero-order chi connectivity index (χ0) is 13.9. The Balaban J connectivity index is 1.85. The summed E-state index contributed by atoms with van der Waals surface area (Å²) < 4.78 is 12.2. The lowest BCUT2D eigenvalue weighted by atomic mass is 10.2. The molecule has 0 aromatic heterocycles. The summed E-state index contributed by atoms with van der Waals surface area (Å²) in [6.07, 6.45) is 0. The Morgan fingerprint density at radius 1 is 1.00 bits per heavy atom. The van der Waals surface area contributed by atoms with Crippen molar-refractivity contribution in [3.05, 3.63) is 46.4 Å². The fraction of sp³-hybridized carbons (Fsp3) is 0.200. The van der Waals surface area contributed by atoms with Crippen LogP contribution in [0.1, 0.15) is 5.56 Å². The van der Waals surface area contributed by atoms with Crippen LogP contribution in [0.15, 0.2) is 50.7 Å². The molecule has 1 aliphatic rings.